The third-order valence-corrected chi connectivity index (χ3v) is 14.3. The van der Waals surface area contributed by atoms with Gasteiger partial charge in [0.2, 0.25) is 0 Å². The molecule has 14 aromatic rings. The zero-order valence-corrected chi connectivity index (χ0v) is 37.1. The van der Waals surface area contributed by atoms with E-state index in [0.29, 0.717) is 0 Å². The first-order valence-corrected chi connectivity index (χ1v) is 23.5. The second-order valence-corrected chi connectivity index (χ2v) is 17.9. The fourth-order valence-electron chi connectivity index (χ4n) is 11.5. The molecule has 2 heteroatoms. The monoisotopic (exact) mass is 862 g/mol. The molecule has 0 unspecified atom stereocenters. The Hall–Kier alpha value is -8.98. The van der Waals surface area contributed by atoms with Crippen LogP contribution in [-0.2, 0) is 0 Å². The van der Waals surface area contributed by atoms with Crippen molar-refractivity contribution >= 4 is 110 Å². The van der Waals surface area contributed by atoms with Crippen molar-refractivity contribution in [3.8, 4) is 22.3 Å². The number of para-hydroxylation sites is 4. The average molecular weight is 863 g/mol. The molecule has 0 bridgehead atoms. The zero-order chi connectivity index (χ0) is 44.7. The topological polar surface area (TPSA) is 6.48 Å². The highest BCUT2D eigenvalue weighted by Gasteiger charge is 2.27. The van der Waals surface area contributed by atoms with Gasteiger partial charge in [0, 0.05) is 33.5 Å². The maximum Gasteiger partial charge on any atom is 0.0540 e. The molecule has 0 radical (unpaired) electrons. The molecule has 0 saturated carbocycles. The second kappa shape index (κ2) is 15.3. The van der Waals surface area contributed by atoms with E-state index >= 15 is 0 Å². The predicted molar refractivity (Wildman–Crippen MR) is 292 cm³/mol. The van der Waals surface area contributed by atoms with Crippen LogP contribution in [0, 0.1) is 0 Å². The summed E-state index contributed by atoms with van der Waals surface area (Å²) >= 11 is 0. The van der Waals surface area contributed by atoms with E-state index in [1.165, 1.54) is 97.7 Å². The van der Waals surface area contributed by atoms with Crippen LogP contribution in [0.15, 0.2) is 255 Å². The highest BCUT2D eigenvalue weighted by Crippen LogP contribution is 2.55. The molecule has 0 heterocycles. The molecule has 0 saturated heterocycles. The third-order valence-electron chi connectivity index (χ3n) is 14.3. The fourth-order valence-corrected chi connectivity index (χ4v) is 11.5. The minimum atomic E-state index is 1.13. The van der Waals surface area contributed by atoms with E-state index in [1.807, 2.05) is 0 Å². The van der Waals surface area contributed by atoms with E-state index in [4.69, 9.17) is 0 Å². The van der Waals surface area contributed by atoms with Gasteiger partial charge in [0.05, 0.1) is 11.4 Å². The van der Waals surface area contributed by atoms with Gasteiger partial charge in [-0.15, -0.1) is 0 Å². The maximum absolute atomic E-state index is 2.53. The summed E-state index contributed by atoms with van der Waals surface area (Å²) in [5.74, 6) is 0. The minimum Gasteiger partial charge on any atom is -0.310 e. The standard InChI is InChI=1S/C66H42N2/c1-7-21-43(22-8-1)61-57-41-55-49-33-19-34-51-59(67(45-25-11-3-12-26-45)46-27-13-4-14-28-46)39-37-50(63(49)51)56(55)42-58(57)62(44-23-9-2-10-24-44)66-54-38-40-60(52-35-20-36-53(64(52)54)65(61)66)68(47-29-15-5-16-30-47)48-31-17-6-18-32-48/h1-42H. The number of nitrogens with zero attached hydrogens (tertiary/aromatic N) is 2. The lowest BCUT2D eigenvalue weighted by atomic mass is 9.85. The quantitative estimate of drug-likeness (QED) is 0.150. The first-order valence-electron chi connectivity index (χ1n) is 23.5. The molecule has 2 nitrogen and oxygen atoms in total. The minimum absolute atomic E-state index is 1.13. The number of rotatable bonds is 8. The zero-order valence-electron chi connectivity index (χ0n) is 37.1. The van der Waals surface area contributed by atoms with Gasteiger partial charge in [-0.2, -0.15) is 0 Å². The Morgan fingerprint density at radius 2 is 0.500 bits per heavy atom. The Morgan fingerprint density at radius 1 is 0.191 bits per heavy atom. The van der Waals surface area contributed by atoms with Crippen LogP contribution in [0.2, 0.25) is 0 Å². The summed E-state index contributed by atoms with van der Waals surface area (Å²) in [4.78, 5) is 4.81. The van der Waals surface area contributed by atoms with E-state index in [-0.39, 0.29) is 0 Å². The van der Waals surface area contributed by atoms with Gasteiger partial charge in [0.15, 0.2) is 0 Å². The average Bonchev–Trinajstić information content (AvgIpc) is 3.91. The molecular weight excluding hydrogens is 821 g/mol. The fraction of sp³-hybridized carbons (Fsp3) is 0. The molecular formula is C66H42N2. The van der Waals surface area contributed by atoms with Gasteiger partial charge < -0.3 is 9.80 Å². The summed E-state index contributed by atoms with van der Waals surface area (Å²) in [6.45, 7) is 0. The third kappa shape index (κ3) is 5.71. The van der Waals surface area contributed by atoms with Crippen molar-refractivity contribution < 1.29 is 0 Å². The summed E-state index contributed by atoms with van der Waals surface area (Å²) in [7, 11) is 0. The highest BCUT2D eigenvalue weighted by molar-refractivity contribution is 6.42. The van der Waals surface area contributed by atoms with Gasteiger partial charge in [-0.05, 0) is 160 Å². The van der Waals surface area contributed by atoms with Gasteiger partial charge in [-0.3, -0.25) is 0 Å². The first-order chi connectivity index (χ1) is 33.8. The Bertz CT molecular complexity index is 3960. The van der Waals surface area contributed by atoms with Gasteiger partial charge in [0.25, 0.3) is 0 Å². The molecule has 0 N–H and O–H groups in total. The van der Waals surface area contributed by atoms with Gasteiger partial charge >= 0.3 is 0 Å². The van der Waals surface area contributed by atoms with Gasteiger partial charge in [0.1, 0.15) is 0 Å². The largest absolute Gasteiger partial charge is 0.310 e. The van der Waals surface area contributed by atoms with Crippen molar-refractivity contribution in [2.75, 3.05) is 9.80 Å². The Labute approximate surface area is 394 Å². The molecule has 0 spiro atoms. The number of benzene rings is 12. The van der Waals surface area contributed by atoms with Crippen molar-refractivity contribution in [3.63, 3.8) is 0 Å². The van der Waals surface area contributed by atoms with Crippen LogP contribution in [0.25, 0.3) is 97.7 Å². The number of hydrogen-bond donors (Lipinski definition) is 0. The Kier molecular flexibility index (Phi) is 8.62. The van der Waals surface area contributed by atoms with Gasteiger partial charge in [-0.25, -0.2) is 0 Å². The number of hydrogen-bond acceptors (Lipinski definition) is 2. The van der Waals surface area contributed by atoms with Crippen LogP contribution in [0.1, 0.15) is 0 Å². The number of anilines is 6. The van der Waals surface area contributed by atoms with Crippen molar-refractivity contribution in [1.29, 1.82) is 0 Å². The summed E-state index contributed by atoms with van der Waals surface area (Å²) < 4.78 is 0. The first kappa shape index (κ1) is 38.3. The lowest BCUT2D eigenvalue weighted by Gasteiger charge is -2.27. The highest BCUT2D eigenvalue weighted by atomic mass is 15.1. The summed E-state index contributed by atoms with van der Waals surface area (Å²) in [6, 6.07) is 93.6. The van der Waals surface area contributed by atoms with Crippen molar-refractivity contribution in [2.45, 2.75) is 0 Å². The van der Waals surface area contributed by atoms with Crippen LogP contribution < -0.4 is 9.80 Å². The second-order valence-electron chi connectivity index (χ2n) is 17.9. The molecule has 68 heavy (non-hydrogen) atoms. The normalized spacial score (nSPS) is 11.8. The van der Waals surface area contributed by atoms with Crippen LogP contribution in [0.4, 0.5) is 34.1 Å². The molecule has 0 atom stereocenters. The molecule has 14 rings (SSSR count). The van der Waals surface area contributed by atoms with E-state index < -0.39 is 0 Å². The van der Waals surface area contributed by atoms with Crippen LogP contribution in [0.3, 0.4) is 0 Å². The van der Waals surface area contributed by atoms with Gasteiger partial charge in [-0.1, -0.05) is 182 Å². The predicted octanol–water partition coefficient (Wildman–Crippen LogP) is 18.9. The summed E-state index contributed by atoms with van der Waals surface area (Å²) in [5, 5.41) is 17.8. The van der Waals surface area contributed by atoms with E-state index in [0.717, 1.165) is 34.1 Å². The van der Waals surface area contributed by atoms with Crippen molar-refractivity contribution in [3.05, 3.63) is 255 Å². The molecule has 0 aromatic heterocycles. The molecule has 0 aliphatic carbocycles. The molecule has 0 aliphatic heterocycles. The summed E-state index contributed by atoms with van der Waals surface area (Å²) in [6.07, 6.45) is 0. The molecule has 14 aromatic carbocycles. The van der Waals surface area contributed by atoms with E-state index in [2.05, 4.69) is 265 Å². The summed E-state index contributed by atoms with van der Waals surface area (Å²) in [5.41, 5.74) is 11.8. The smallest absolute Gasteiger partial charge is 0.0540 e. The molecule has 0 amide bonds. The molecule has 316 valence electrons. The Balaban J connectivity index is 1.12. The Morgan fingerprint density at radius 3 is 0.912 bits per heavy atom. The molecule has 0 fully saturated rings. The lowest BCUT2D eigenvalue weighted by Crippen LogP contribution is -2.10. The van der Waals surface area contributed by atoms with E-state index in [1.54, 1.807) is 0 Å². The number of fused-ring (bicyclic) bond motifs is 7. The van der Waals surface area contributed by atoms with Crippen LogP contribution in [0.5, 0.6) is 0 Å². The SMILES string of the molecule is c1ccc(-c2c3cc4c(cc3c(-c3ccccc3)c3c5ccc(N(c6ccccc6)c6ccccc6)c6cccc(c23)c65)c2ccc(N(c3ccccc3)c3ccccc3)c3cccc4c32)cc1. The van der Waals surface area contributed by atoms with Crippen LogP contribution in [-0.4, -0.2) is 0 Å². The lowest BCUT2D eigenvalue weighted by molar-refractivity contribution is 1.30. The van der Waals surface area contributed by atoms with Crippen molar-refractivity contribution in [2.24, 2.45) is 0 Å². The van der Waals surface area contributed by atoms with Crippen LogP contribution >= 0.6 is 0 Å². The van der Waals surface area contributed by atoms with Crippen molar-refractivity contribution in [1.82, 2.24) is 0 Å². The molecule has 0 aliphatic rings. The van der Waals surface area contributed by atoms with E-state index in [9.17, 15) is 0 Å². The maximum atomic E-state index is 2.53.